The van der Waals surface area contributed by atoms with Crippen LogP contribution in [0.25, 0.3) is 55.2 Å². The number of hydrogen-bond acceptors (Lipinski definition) is 22. The fourth-order valence-corrected chi connectivity index (χ4v) is 22.0. The number of H-pyrrole nitrogens is 5. The van der Waals surface area contributed by atoms with Gasteiger partial charge in [-0.05, 0) is 266 Å². The second-order valence-corrected chi connectivity index (χ2v) is 40.7. The molecule has 15 heterocycles. The van der Waals surface area contributed by atoms with E-state index in [1.807, 2.05) is 49.3 Å². The number of aliphatic hydroxyl groups excluding tert-OH is 2. The van der Waals surface area contributed by atoms with Crippen LogP contribution in [-0.4, -0.2) is 243 Å². The first-order chi connectivity index (χ1) is 64.9. The Morgan fingerprint density at radius 2 is 0.723 bits per heavy atom. The molecule has 6 saturated carbocycles. The zero-order chi connectivity index (χ0) is 95.1. The first-order valence-electron chi connectivity index (χ1n) is 48.7. The number of piperidine rings is 5. The summed E-state index contributed by atoms with van der Waals surface area (Å²) in [6, 6.07) is 1.72. The van der Waals surface area contributed by atoms with Crippen LogP contribution in [0.2, 0.25) is 0 Å². The van der Waals surface area contributed by atoms with Gasteiger partial charge in [0, 0.05) is 141 Å². The Morgan fingerprint density at radius 1 is 0.416 bits per heavy atom. The number of fused-ring (bicyclic) bond motifs is 5. The number of anilines is 5. The highest BCUT2D eigenvalue weighted by Crippen LogP contribution is 2.70. The van der Waals surface area contributed by atoms with Crippen LogP contribution in [0.3, 0.4) is 0 Å². The summed E-state index contributed by atoms with van der Waals surface area (Å²) in [5.41, 5.74) is 7.17. The van der Waals surface area contributed by atoms with E-state index in [1.54, 1.807) is 26.5 Å². The van der Waals surface area contributed by atoms with Crippen LogP contribution in [0.5, 0.6) is 0 Å². The van der Waals surface area contributed by atoms with E-state index in [0.29, 0.717) is 69.7 Å². The standard InChI is InChI=1S/C23H30FN5O.C20H26FN5O.C20H27N5O.2C19H25N5O2.2CH4/c1-4-18(30)29-11-16(6-5-14(29)2)28-21-19-17(10-25-20(19)26-13-27-21)15-7-8-23(9-15)12-22(23,3)24;1-4-16(27)26-10-15(6-5-12(26)2)25-19-17-13(7-14-8-20(14,3)21)9-22-18(17)23-11-24-19;1-4-16(26)25-11-14(7-6-13(25)2)24-19-17-15(20(3)8-5-9-20)10-21-18(17)22-12-23-19;2*1-3-15(25)24-9-13(7-4-11(24)2)23-19-16-14(17(26)12-5-6-12)8-20-18(16)21-10-22-19;;/h4,10,13-16H,1,5-9,11-12H2,2-3H3,(H2,25,26,27,28);4,9,11-12,14-15H,1,5-8,10H2,2-3H3,(H2,22,23,24,25);4,10,12-14H,1,5-9,11H2,2-3H3,(H2,21,22,23,24);2*3,8,10-13,17,26H,1,4-7,9H2,2H3,(H2,20,21,22,23);2*1H4/t14-,15-,16+,22?,23+;12-,14+,15+,20?;13-,14+;11-,13+,17+;11-,13+,17-;;/m00000../s1. The minimum absolute atomic E-state index is 0. The van der Waals surface area contributed by atoms with Gasteiger partial charge in [0.15, 0.2) is 0 Å². The Bertz CT molecular complexity index is 5910. The Labute approximate surface area is 801 Å². The predicted octanol–water partition coefficient (Wildman–Crippen LogP) is 17.0. The average Bonchev–Trinajstić information content (AvgIpc) is 1.54. The van der Waals surface area contributed by atoms with Gasteiger partial charge in [-0.25, -0.2) is 58.6 Å². The summed E-state index contributed by atoms with van der Waals surface area (Å²) in [6.45, 7) is 37.3. The van der Waals surface area contributed by atoms with Crippen molar-refractivity contribution in [3.63, 3.8) is 0 Å². The van der Waals surface area contributed by atoms with Gasteiger partial charge in [0.2, 0.25) is 29.5 Å². The molecule has 32 nitrogen and oxygen atoms in total. The third-order valence-electron chi connectivity index (χ3n) is 31.3. The van der Waals surface area contributed by atoms with Crippen LogP contribution in [0.1, 0.15) is 257 Å². The van der Waals surface area contributed by atoms with Gasteiger partial charge in [0.1, 0.15) is 100 Å². The van der Waals surface area contributed by atoms with Crippen LogP contribution in [-0.2, 0) is 35.8 Å². The number of aromatic amines is 5. The monoisotopic (exact) mass is 1880 g/mol. The van der Waals surface area contributed by atoms with Crippen LogP contribution in [0.15, 0.2) is 126 Å². The maximum absolute atomic E-state index is 14.6. The molecule has 12 N–H and O–H groups in total. The quantitative estimate of drug-likeness (QED) is 0.0265. The number of amides is 5. The van der Waals surface area contributed by atoms with Crippen LogP contribution >= 0.6 is 0 Å². The van der Waals surface area contributed by atoms with E-state index in [9.17, 15) is 43.0 Å². The van der Waals surface area contributed by atoms with E-state index in [4.69, 9.17) is 0 Å². The summed E-state index contributed by atoms with van der Waals surface area (Å²) in [4.78, 5) is 130. The third kappa shape index (κ3) is 21.2. The van der Waals surface area contributed by atoms with Gasteiger partial charge in [0.25, 0.3) is 0 Å². The molecule has 17 atom stereocenters. The lowest BCUT2D eigenvalue weighted by molar-refractivity contribution is -0.130. The SMILES string of the molecule is C.C.C=CC(=O)N1C[C@H](Nc2ncnc3[nH]cc(C4(C)CCC4)c23)CC[C@@H]1C.C=CC(=O)N1C[C@H](Nc2ncnc3[nH]cc(C[C@@H]4CC4(C)F)c23)CC[C@@H]1C.C=CC(=O)N1C[C@H](Nc2ncnc3[nH]cc([C@@H](O)C4CC4)c23)CC[C@@H]1C.C=CC(=O)N1C[C@H](Nc2ncnc3[nH]cc([C@H](O)C4CC4)c23)CC[C@@H]1C.C=CC(=O)N1C[C@H](Nc2ncnc3[nH]cc([C@H]4CC[C@@]5(C4)CC5(C)F)c23)CC[C@@H]1C. The number of aliphatic hydroxyl groups is 2. The molecule has 5 saturated heterocycles. The normalized spacial score (nSPS) is 27.8. The highest BCUT2D eigenvalue weighted by atomic mass is 19.1. The number of likely N-dealkylation sites (tertiary alicyclic amines) is 5. The van der Waals surface area contributed by atoms with Crippen molar-refractivity contribution in [2.24, 2.45) is 23.2 Å². The molecule has 2 unspecified atom stereocenters. The zero-order valence-electron chi connectivity index (χ0n) is 79.1. The molecular weight excluding hydrogens is 1740 g/mol. The minimum Gasteiger partial charge on any atom is -0.388 e. The van der Waals surface area contributed by atoms with Crippen molar-refractivity contribution in [1.29, 1.82) is 0 Å². The van der Waals surface area contributed by atoms with Crippen molar-refractivity contribution in [1.82, 2.24) is 99.3 Å². The molecule has 5 aliphatic heterocycles. The summed E-state index contributed by atoms with van der Waals surface area (Å²) >= 11 is 0. The topological polar surface area (TPSA) is 410 Å². The van der Waals surface area contributed by atoms with E-state index in [-0.39, 0.29) is 122 Å². The van der Waals surface area contributed by atoms with E-state index in [1.165, 1.54) is 79.8 Å². The first-order valence-corrected chi connectivity index (χ1v) is 48.7. The summed E-state index contributed by atoms with van der Waals surface area (Å²) in [7, 11) is 0. The molecule has 0 bridgehead atoms. The number of nitrogens with zero attached hydrogens (tertiary/aromatic N) is 15. The lowest BCUT2D eigenvalue weighted by Gasteiger charge is -2.39. The smallest absolute Gasteiger partial charge is 0.246 e. The fraction of sp³-hybridized carbons (Fsp3) is 0.563. The second-order valence-electron chi connectivity index (χ2n) is 40.7. The summed E-state index contributed by atoms with van der Waals surface area (Å²) in [5.74, 6) is 4.78. The zero-order valence-corrected chi connectivity index (χ0v) is 79.1. The molecule has 34 heteroatoms. The van der Waals surface area contributed by atoms with Gasteiger partial charge in [-0.3, -0.25) is 24.0 Å². The molecule has 11 aliphatic rings. The van der Waals surface area contributed by atoms with Crippen molar-refractivity contribution in [2.45, 2.75) is 313 Å². The van der Waals surface area contributed by atoms with Crippen molar-refractivity contribution in [2.75, 3.05) is 59.3 Å². The maximum atomic E-state index is 14.6. The summed E-state index contributed by atoms with van der Waals surface area (Å²) in [5, 5.41) is 43.6. The van der Waals surface area contributed by atoms with E-state index >= 15 is 0 Å². The number of alkyl halides is 2. The van der Waals surface area contributed by atoms with Gasteiger partial charge in [-0.2, -0.15) is 0 Å². The molecule has 5 amide bonds. The molecular formula is C103H141F2N25O7. The van der Waals surface area contributed by atoms with Gasteiger partial charge in [-0.1, -0.05) is 61.1 Å². The first kappa shape index (κ1) is 99.4. The van der Waals surface area contributed by atoms with E-state index < -0.39 is 23.5 Å². The Morgan fingerprint density at radius 3 is 1.04 bits per heavy atom. The predicted molar refractivity (Wildman–Crippen MR) is 534 cm³/mol. The molecule has 21 rings (SSSR count). The largest absolute Gasteiger partial charge is 0.388 e. The molecule has 10 aromatic heterocycles. The Hall–Kier alpha value is -12.1. The average molecular weight is 1880 g/mol. The molecule has 734 valence electrons. The fourth-order valence-electron chi connectivity index (χ4n) is 22.0. The van der Waals surface area contributed by atoms with Crippen LogP contribution in [0.4, 0.5) is 37.9 Å². The van der Waals surface area contributed by atoms with Crippen molar-refractivity contribution < 1.29 is 43.0 Å². The number of carbonyl (C=O) groups is 5. The molecule has 6 aliphatic carbocycles. The van der Waals surface area contributed by atoms with Crippen molar-refractivity contribution in [3.8, 4) is 0 Å². The molecule has 0 aromatic carbocycles. The molecule has 10 aromatic rings. The number of nitrogens with one attached hydrogen (secondary N) is 10. The van der Waals surface area contributed by atoms with Gasteiger partial charge in [-0.15, -0.1) is 0 Å². The van der Waals surface area contributed by atoms with Crippen molar-refractivity contribution in [3.05, 3.63) is 154 Å². The third-order valence-corrected chi connectivity index (χ3v) is 31.3. The molecule has 0 radical (unpaired) electrons. The Balaban J connectivity index is 0.000000130. The van der Waals surface area contributed by atoms with E-state index in [0.717, 1.165) is 210 Å². The number of halogens is 2. The number of hydrogen-bond donors (Lipinski definition) is 12. The lowest BCUT2D eigenvalue weighted by atomic mass is 9.66. The van der Waals surface area contributed by atoms with Gasteiger partial charge in [0.05, 0.1) is 39.1 Å². The minimum atomic E-state index is -1.06. The molecule has 137 heavy (non-hydrogen) atoms. The highest BCUT2D eigenvalue weighted by molar-refractivity contribution is 5.96. The summed E-state index contributed by atoms with van der Waals surface area (Å²) < 4.78 is 28.6. The number of aromatic nitrogens is 15. The van der Waals surface area contributed by atoms with Crippen LogP contribution in [0, 0.1) is 23.2 Å². The van der Waals surface area contributed by atoms with Gasteiger partial charge >= 0.3 is 0 Å². The van der Waals surface area contributed by atoms with Gasteiger partial charge < -0.3 is 86.2 Å². The molecule has 11 fully saturated rings. The highest BCUT2D eigenvalue weighted by Gasteiger charge is 2.68. The number of carbonyl (C=O) groups excluding carboxylic acids is 5. The molecule has 1 spiro atoms. The van der Waals surface area contributed by atoms with Crippen LogP contribution < -0.4 is 26.6 Å². The van der Waals surface area contributed by atoms with Crippen molar-refractivity contribution >= 4 is 114 Å². The number of rotatable bonds is 23. The lowest BCUT2D eigenvalue weighted by Crippen LogP contribution is -2.49. The summed E-state index contributed by atoms with van der Waals surface area (Å²) in [6.07, 6.45) is 45.7. The van der Waals surface area contributed by atoms with E-state index in [2.05, 4.69) is 182 Å². The maximum Gasteiger partial charge on any atom is 0.246 e. The second kappa shape index (κ2) is 41.3. The Kier molecular flexibility index (Phi) is 30.0.